The Labute approximate surface area is 136 Å². The van der Waals surface area contributed by atoms with Crippen LogP contribution in [0.3, 0.4) is 0 Å². The van der Waals surface area contributed by atoms with Gasteiger partial charge >= 0.3 is 5.97 Å². The number of nitrogens with zero attached hydrogens (tertiary/aromatic N) is 1. The average Bonchev–Trinajstić information content (AvgIpc) is 2.54. The van der Waals surface area contributed by atoms with Crippen molar-refractivity contribution in [2.75, 3.05) is 27.2 Å². The number of benzene rings is 2. The minimum atomic E-state index is -0.252. The summed E-state index contributed by atoms with van der Waals surface area (Å²) in [6, 6.07) is 17.8. The van der Waals surface area contributed by atoms with Crippen molar-refractivity contribution in [1.82, 2.24) is 4.90 Å². The number of rotatable bonds is 7. The topological polar surface area (TPSA) is 29.5 Å². The predicted molar refractivity (Wildman–Crippen MR) is 91.3 cm³/mol. The van der Waals surface area contributed by atoms with Gasteiger partial charge in [0.05, 0.1) is 5.56 Å². The number of hydrogen-bond acceptors (Lipinski definition) is 4. The maximum Gasteiger partial charge on any atom is 0.339 e. The fourth-order valence-corrected chi connectivity index (χ4v) is 2.89. The molecule has 0 spiro atoms. The van der Waals surface area contributed by atoms with Gasteiger partial charge in [-0.1, -0.05) is 42.5 Å². The van der Waals surface area contributed by atoms with E-state index in [9.17, 15) is 4.79 Å². The molecule has 0 aliphatic rings. The van der Waals surface area contributed by atoms with Gasteiger partial charge in [-0.05, 0) is 31.8 Å². The Morgan fingerprint density at radius 3 is 2.45 bits per heavy atom. The van der Waals surface area contributed by atoms with Crippen molar-refractivity contribution in [1.29, 1.82) is 0 Å². The molecule has 4 heteroatoms. The Hall–Kier alpha value is -1.78. The third-order valence-electron chi connectivity index (χ3n) is 3.12. The normalized spacial score (nSPS) is 10.7. The molecule has 0 amide bonds. The van der Waals surface area contributed by atoms with E-state index >= 15 is 0 Å². The molecule has 0 unspecified atom stereocenters. The highest BCUT2D eigenvalue weighted by Crippen LogP contribution is 2.26. The molecule has 2 rings (SSSR count). The smallest absolute Gasteiger partial charge is 0.339 e. The van der Waals surface area contributed by atoms with Crippen LogP contribution >= 0.6 is 11.8 Å². The van der Waals surface area contributed by atoms with E-state index in [4.69, 9.17) is 4.74 Å². The monoisotopic (exact) mass is 315 g/mol. The van der Waals surface area contributed by atoms with E-state index in [1.165, 1.54) is 5.56 Å². The van der Waals surface area contributed by atoms with Gasteiger partial charge < -0.3 is 9.64 Å². The standard InChI is InChI=1S/C18H21NO2S/c1-19(2)12-13-21-18(20)16-10-6-7-11-17(16)22-14-15-8-4-3-5-9-15/h3-11H,12-14H2,1-2H3. The molecule has 2 aromatic rings. The number of thioether (sulfide) groups is 1. The van der Waals surface area contributed by atoms with Crippen LogP contribution in [0.2, 0.25) is 0 Å². The second kappa shape index (κ2) is 8.61. The third-order valence-corrected chi connectivity index (χ3v) is 4.26. The van der Waals surface area contributed by atoms with E-state index in [1.807, 2.05) is 61.5 Å². The molecule has 0 aliphatic carbocycles. The van der Waals surface area contributed by atoms with Gasteiger partial charge in [0.2, 0.25) is 0 Å². The molecule has 0 N–H and O–H groups in total. The maximum absolute atomic E-state index is 12.2. The molecule has 2 aromatic carbocycles. The molecule has 0 aliphatic heterocycles. The zero-order chi connectivity index (χ0) is 15.8. The van der Waals surface area contributed by atoms with Crippen molar-refractivity contribution in [3.63, 3.8) is 0 Å². The van der Waals surface area contributed by atoms with E-state index in [-0.39, 0.29) is 5.97 Å². The third kappa shape index (κ3) is 5.20. The summed E-state index contributed by atoms with van der Waals surface area (Å²) < 4.78 is 5.34. The van der Waals surface area contributed by atoms with Crippen LogP contribution in [0.5, 0.6) is 0 Å². The van der Waals surface area contributed by atoms with Crippen LogP contribution in [-0.2, 0) is 10.5 Å². The first kappa shape index (κ1) is 16.6. The van der Waals surface area contributed by atoms with Crippen LogP contribution in [0, 0.1) is 0 Å². The molecular formula is C18H21NO2S. The number of likely N-dealkylation sites (N-methyl/N-ethyl adjacent to an activating group) is 1. The highest BCUT2D eigenvalue weighted by molar-refractivity contribution is 7.98. The van der Waals surface area contributed by atoms with Crippen molar-refractivity contribution in [2.45, 2.75) is 10.6 Å². The zero-order valence-electron chi connectivity index (χ0n) is 13.0. The highest BCUT2D eigenvalue weighted by atomic mass is 32.2. The maximum atomic E-state index is 12.2. The van der Waals surface area contributed by atoms with Gasteiger partial charge in [-0.2, -0.15) is 0 Å². The Bertz CT molecular complexity index is 599. The fourth-order valence-electron chi connectivity index (χ4n) is 1.90. The zero-order valence-corrected chi connectivity index (χ0v) is 13.8. The first-order chi connectivity index (χ1) is 10.7. The number of carbonyl (C=O) groups excluding carboxylic acids is 1. The molecule has 0 heterocycles. The van der Waals surface area contributed by atoms with E-state index < -0.39 is 0 Å². The lowest BCUT2D eigenvalue weighted by molar-refractivity contribution is 0.0478. The van der Waals surface area contributed by atoms with Gasteiger partial charge in [0.15, 0.2) is 0 Å². The predicted octanol–water partition coefficient (Wildman–Crippen LogP) is 3.70. The van der Waals surface area contributed by atoms with Crippen molar-refractivity contribution < 1.29 is 9.53 Å². The van der Waals surface area contributed by atoms with Crippen molar-refractivity contribution in [3.8, 4) is 0 Å². The Morgan fingerprint density at radius 2 is 1.73 bits per heavy atom. The first-order valence-corrected chi connectivity index (χ1v) is 8.23. The van der Waals surface area contributed by atoms with E-state index in [1.54, 1.807) is 11.8 Å². The summed E-state index contributed by atoms with van der Waals surface area (Å²) in [4.78, 5) is 15.2. The minimum Gasteiger partial charge on any atom is -0.461 e. The molecule has 22 heavy (non-hydrogen) atoms. The Kier molecular flexibility index (Phi) is 6.49. The molecule has 0 bridgehead atoms. The number of carbonyl (C=O) groups is 1. The van der Waals surface area contributed by atoms with E-state index in [0.717, 1.165) is 17.2 Å². The van der Waals surface area contributed by atoms with Gasteiger partial charge in [-0.3, -0.25) is 0 Å². The van der Waals surface area contributed by atoms with E-state index in [0.29, 0.717) is 12.2 Å². The van der Waals surface area contributed by atoms with Crippen LogP contribution in [0.15, 0.2) is 59.5 Å². The Morgan fingerprint density at radius 1 is 1.05 bits per heavy atom. The largest absolute Gasteiger partial charge is 0.461 e. The summed E-state index contributed by atoms with van der Waals surface area (Å²) in [6.07, 6.45) is 0. The summed E-state index contributed by atoms with van der Waals surface area (Å²) in [5, 5.41) is 0. The van der Waals surface area contributed by atoms with Crippen LogP contribution in [-0.4, -0.2) is 38.1 Å². The number of hydrogen-bond donors (Lipinski definition) is 0. The van der Waals surface area contributed by atoms with Crippen molar-refractivity contribution in [2.24, 2.45) is 0 Å². The second-order valence-corrected chi connectivity index (χ2v) is 6.23. The summed E-state index contributed by atoms with van der Waals surface area (Å²) in [5.74, 6) is 0.584. The van der Waals surface area contributed by atoms with Crippen LogP contribution in [0.4, 0.5) is 0 Å². The molecular weight excluding hydrogens is 294 g/mol. The second-order valence-electron chi connectivity index (χ2n) is 5.21. The highest BCUT2D eigenvalue weighted by Gasteiger charge is 2.12. The molecule has 0 atom stereocenters. The molecule has 0 radical (unpaired) electrons. The van der Waals surface area contributed by atoms with Gasteiger partial charge in [0, 0.05) is 17.2 Å². The molecule has 0 saturated carbocycles. The van der Waals surface area contributed by atoms with Crippen molar-refractivity contribution in [3.05, 3.63) is 65.7 Å². The van der Waals surface area contributed by atoms with Crippen LogP contribution in [0.25, 0.3) is 0 Å². The summed E-state index contributed by atoms with van der Waals surface area (Å²) >= 11 is 1.66. The van der Waals surface area contributed by atoms with Crippen molar-refractivity contribution >= 4 is 17.7 Å². The van der Waals surface area contributed by atoms with E-state index in [2.05, 4.69) is 12.1 Å². The Balaban J connectivity index is 1.98. The SMILES string of the molecule is CN(C)CCOC(=O)c1ccccc1SCc1ccccc1. The lowest BCUT2D eigenvalue weighted by Gasteiger charge is -2.12. The van der Waals surface area contributed by atoms with Gasteiger partial charge in [0.25, 0.3) is 0 Å². The summed E-state index contributed by atoms with van der Waals surface area (Å²) in [7, 11) is 3.91. The lowest BCUT2D eigenvalue weighted by Crippen LogP contribution is -2.20. The van der Waals surface area contributed by atoms with Crippen LogP contribution in [0.1, 0.15) is 15.9 Å². The average molecular weight is 315 g/mol. The molecule has 0 aromatic heterocycles. The lowest BCUT2D eigenvalue weighted by atomic mass is 10.2. The number of esters is 1. The van der Waals surface area contributed by atoms with Crippen LogP contribution < -0.4 is 0 Å². The summed E-state index contributed by atoms with van der Waals surface area (Å²) in [6.45, 7) is 1.13. The number of ether oxygens (including phenoxy) is 1. The fraction of sp³-hybridized carbons (Fsp3) is 0.278. The summed E-state index contributed by atoms with van der Waals surface area (Å²) in [5.41, 5.74) is 1.88. The van der Waals surface area contributed by atoms with Gasteiger partial charge in [-0.25, -0.2) is 4.79 Å². The molecule has 0 saturated heterocycles. The molecule has 0 fully saturated rings. The molecule has 3 nitrogen and oxygen atoms in total. The van der Waals surface area contributed by atoms with Gasteiger partial charge in [0.1, 0.15) is 6.61 Å². The molecule has 116 valence electrons. The quantitative estimate of drug-likeness (QED) is 0.575. The minimum absolute atomic E-state index is 0.252. The van der Waals surface area contributed by atoms with Gasteiger partial charge in [-0.15, -0.1) is 11.8 Å². The first-order valence-electron chi connectivity index (χ1n) is 7.24.